The van der Waals surface area contributed by atoms with E-state index in [1.807, 2.05) is 35.2 Å². The Kier molecular flexibility index (Phi) is 6.25. The van der Waals surface area contributed by atoms with Crippen LogP contribution in [-0.2, 0) is 16.1 Å². The van der Waals surface area contributed by atoms with E-state index >= 15 is 0 Å². The van der Waals surface area contributed by atoms with E-state index in [0.717, 1.165) is 30.4 Å². The highest BCUT2D eigenvalue weighted by Crippen LogP contribution is 2.38. The first-order chi connectivity index (χ1) is 15.1. The Labute approximate surface area is 181 Å². The Morgan fingerprint density at radius 3 is 2.55 bits per heavy atom. The van der Waals surface area contributed by atoms with Crippen LogP contribution in [0.25, 0.3) is 0 Å². The number of ether oxygens (including phenoxy) is 2. The molecule has 0 radical (unpaired) electrons. The monoisotopic (exact) mass is 424 g/mol. The van der Waals surface area contributed by atoms with Crippen molar-refractivity contribution < 1.29 is 24.3 Å². The SMILES string of the molecule is COC1(C(=O)N2Cc3ccc(C(=O)NO)cc3OC[C@@H]2c2ccccc2)CCCCC1. The molecule has 0 spiro atoms. The Balaban J connectivity index is 1.73. The summed E-state index contributed by atoms with van der Waals surface area (Å²) >= 11 is 0. The van der Waals surface area contributed by atoms with Crippen LogP contribution in [0.4, 0.5) is 0 Å². The average molecular weight is 424 g/mol. The lowest BCUT2D eigenvalue weighted by Gasteiger charge is -2.41. The number of methoxy groups -OCH3 is 1. The molecule has 7 heteroatoms. The summed E-state index contributed by atoms with van der Waals surface area (Å²) in [6, 6.07) is 14.5. The van der Waals surface area contributed by atoms with Crippen molar-refractivity contribution in [1.82, 2.24) is 10.4 Å². The molecule has 0 saturated heterocycles. The number of hydrogen-bond donors (Lipinski definition) is 2. The van der Waals surface area contributed by atoms with Gasteiger partial charge >= 0.3 is 0 Å². The number of fused-ring (bicyclic) bond motifs is 1. The predicted molar refractivity (Wildman–Crippen MR) is 114 cm³/mol. The Morgan fingerprint density at radius 2 is 1.87 bits per heavy atom. The summed E-state index contributed by atoms with van der Waals surface area (Å²) in [5.41, 5.74) is 2.92. The topological polar surface area (TPSA) is 88.1 Å². The summed E-state index contributed by atoms with van der Waals surface area (Å²) in [6.45, 7) is 0.604. The number of amides is 2. The van der Waals surface area contributed by atoms with Gasteiger partial charge in [0.25, 0.3) is 11.8 Å². The second-order valence-electron chi connectivity index (χ2n) is 8.19. The second kappa shape index (κ2) is 9.08. The van der Waals surface area contributed by atoms with Gasteiger partial charge in [0, 0.05) is 18.2 Å². The van der Waals surface area contributed by atoms with Crippen molar-refractivity contribution in [3.05, 3.63) is 65.2 Å². The van der Waals surface area contributed by atoms with Crippen LogP contribution in [0.1, 0.15) is 59.6 Å². The maximum atomic E-state index is 13.9. The Hall–Kier alpha value is -2.90. The summed E-state index contributed by atoms with van der Waals surface area (Å²) < 4.78 is 11.9. The van der Waals surface area contributed by atoms with Gasteiger partial charge in [-0.15, -0.1) is 0 Å². The van der Waals surface area contributed by atoms with Gasteiger partial charge in [0.05, 0.1) is 12.6 Å². The molecule has 2 aromatic carbocycles. The van der Waals surface area contributed by atoms with Gasteiger partial charge in [-0.25, -0.2) is 5.48 Å². The third-order valence-electron chi connectivity index (χ3n) is 6.43. The van der Waals surface area contributed by atoms with Gasteiger partial charge in [-0.05, 0) is 30.5 Å². The van der Waals surface area contributed by atoms with Gasteiger partial charge in [0.2, 0.25) is 0 Å². The molecule has 1 atom stereocenters. The van der Waals surface area contributed by atoms with E-state index in [-0.39, 0.29) is 24.1 Å². The van der Waals surface area contributed by atoms with Gasteiger partial charge in [0.15, 0.2) is 0 Å². The number of rotatable bonds is 4. The molecule has 2 aromatic rings. The number of benzene rings is 2. The van der Waals surface area contributed by atoms with Crippen molar-refractivity contribution in [2.24, 2.45) is 0 Å². The van der Waals surface area contributed by atoms with E-state index in [2.05, 4.69) is 0 Å². The first-order valence-electron chi connectivity index (χ1n) is 10.7. The zero-order valence-corrected chi connectivity index (χ0v) is 17.7. The molecule has 0 aromatic heterocycles. The lowest BCUT2D eigenvalue weighted by molar-refractivity contribution is -0.163. The number of nitrogens with one attached hydrogen (secondary N) is 1. The van der Waals surface area contributed by atoms with Gasteiger partial charge in [0.1, 0.15) is 18.0 Å². The highest BCUT2D eigenvalue weighted by atomic mass is 16.5. The number of hydroxylamine groups is 1. The number of carbonyl (C=O) groups excluding carboxylic acids is 2. The van der Waals surface area contributed by atoms with Crippen molar-refractivity contribution in [2.75, 3.05) is 13.7 Å². The highest BCUT2D eigenvalue weighted by Gasteiger charge is 2.45. The van der Waals surface area contributed by atoms with E-state index in [1.54, 1.807) is 30.8 Å². The van der Waals surface area contributed by atoms with Crippen LogP contribution in [-0.4, -0.2) is 41.2 Å². The summed E-state index contributed by atoms with van der Waals surface area (Å²) in [5, 5.41) is 8.95. The second-order valence-corrected chi connectivity index (χ2v) is 8.19. The van der Waals surface area contributed by atoms with Crippen LogP contribution in [0.3, 0.4) is 0 Å². The van der Waals surface area contributed by atoms with Gasteiger partial charge in [-0.2, -0.15) is 0 Å². The number of hydrogen-bond acceptors (Lipinski definition) is 5. The molecule has 31 heavy (non-hydrogen) atoms. The fraction of sp³-hybridized carbons (Fsp3) is 0.417. The highest BCUT2D eigenvalue weighted by molar-refractivity contribution is 5.94. The lowest BCUT2D eigenvalue weighted by atomic mass is 9.83. The fourth-order valence-electron chi connectivity index (χ4n) is 4.63. The third kappa shape index (κ3) is 4.16. The molecule has 0 unspecified atom stereocenters. The van der Waals surface area contributed by atoms with Crippen LogP contribution in [0.15, 0.2) is 48.5 Å². The third-order valence-corrected chi connectivity index (χ3v) is 6.43. The predicted octanol–water partition coefficient (Wildman–Crippen LogP) is 3.62. The minimum Gasteiger partial charge on any atom is -0.491 e. The van der Waals surface area contributed by atoms with E-state index in [4.69, 9.17) is 14.7 Å². The summed E-state index contributed by atoms with van der Waals surface area (Å²) in [6.07, 6.45) is 4.47. The van der Waals surface area contributed by atoms with Crippen molar-refractivity contribution in [2.45, 2.75) is 50.3 Å². The molecular formula is C24H28N2O5. The molecule has 2 amide bonds. The van der Waals surface area contributed by atoms with Gasteiger partial charge in [-0.1, -0.05) is 55.7 Å². The van der Waals surface area contributed by atoms with Crippen molar-refractivity contribution >= 4 is 11.8 Å². The summed E-state index contributed by atoms with van der Waals surface area (Å²) in [5.74, 6) is -0.0895. The maximum Gasteiger partial charge on any atom is 0.274 e. The van der Waals surface area contributed by atoms with E-state index in [9.17, 15) is 9.59 Å². The molecule has 2 aliphatic rings. The van der Waals surface area contributed by atoms with Gasteiger partial charge in [-0.3, -0.25) is 14.8 Å². The molecule has 164 valence electrons. The van der Waals surface area contributed by atoms with Crippen molar-refractivity contribution in [3.8, 4) is 5.75 Å². The zero-order chi connectivity index (χ0) is 21.8. The van der Waals surface area contributed by atoms with Gasteiger partial charge < -0.3 is 14.4 Å². The fourth-order valence-corrected chi connectivity index (χ4v) is 4.63. The van der Waals surface area contributed by atoms with Crippen LogP contribution in [0.5, 0.6) is 5.75 Å². The molecule has 2 N–H and O–H groups in total. The molecular weight excluding hydrogens is 396 g/mol. The number of nitrogens with zero attached hydrogens (tertiary/aromatic N) is 1. The van der Waals surface area contributed by atoms with Crippen molar-refractivity contribution in [3.63, 3.8) is 0 Å². The quantitative estimate of drug-likeness (QED) is 0.578. The van der Waals surface area contributed by atoms with Crippen LogP contribution < -0.4 is 10.2 Å². The van der Waals surface area contributed by atoms with E-state index in [0.29, 0.717) is 25.1 Å². The molecule has 1 saturated carbocycles. The zero-order valence-electron chi connectivity index (χ0n) is 17.7. The molecule has 1 aliphatic carbocycles. The minimum atomic E-state index is -0.813. The lowest BCUT2D eigenvalue weighted by Crippen LogP contribution is -2.52. The first kappa shape index (κ1) is 21.3. The molecule has 4 rings (SSSR count). The van der Waals surface area contributed by atoms with Crippen LogP contribution in [0.2, 0.25) is 0 Å². The first-order valence-corrected chi connectivity index (χ1v) is 10.7. The van der Waals surface area contributed by atoms with Crippen LogP contribution in [0, 0.1) is 0 Å². The standard InChI is InChI=1S/C24H28N2O5/c1-30-24(12-6-3-7-13-24)23(28)26-15-19-11-10-18(22(27)25-29)14-21(19)31-16-20(26)17-8-4-2-5-9-17/h2,4-5,8-11,14,20,29H,3,6-7,12-13,15-16H2,1H3,(H,25,27)/t20-/m1/s1. The van der Waals surface area contributed by atoms with Crippen LogP contribution >= 0.6 is 0 Å². The molecule has 7 nitrogen and oxygen atoms in total. The van der Waals surface area contributed by atoms with E-state index < -0.39 is 11.5 Å². The number of carbonyl (C=O) groups is 2. The maximum absolute atomic E-state index is 13.9. The smallest absolute Gasteiger partial charge is 0.274 e. The summed E-state index contributed by atoms with van der Waals surface area (Å²) in [4.78, 5) is 27.6. The van der Waals surface area contributed by atoms with Crippen molar-refractivity contribution in [1.29, 1.82) is 0 Å². The molecule has 0 bridgehead atoms. The largest absolute Gasteiger partial charge is 0.491 e. The normalized spacial score (nSPS) is 20.2. The average Bonchev–Trinajstić information content (AvgIpc) is 3.03. The molecule has 1 aliphatic heterocycles. The van der Waals surface area contributed by atoms with E-state index in [1.165, 1.54) is 0 Å². The molecule has 1 heterocycles. The minimum absolute atomic E-state index is 0.0165. The summed E-state index contributed by atoms with van der Waals surface area (Å²) in [7, 11) is 1.63. The molecule has 1 fully saturated rings. The Morgan fingerprint density at radius 1 is 1.13 bits per heavy atom. The Bertz CT molecular complexity index is 940.